The summed E-state index contributed by atoms with van der Waals surface area (Å²) < 4.78 is 4.99. The lowest BCUT2D eigenvalue weighted by atomic mass is 9.91. The second kappa shape index (κ2) is 4.13. The maximum atomic E-state index is 11.2. The zero-order valence-electron chi connectivity index (χ0n) is 7.65. The number of carbonyl (C=O) groups excluding carboxylic acids is 1. The van der Waals surface area contributed by atoms with Crippen molar-refractivity contribution >= 4 is 21.9 Å². The molecule has 1 saturated heterocycles. The molecular formula is C11H11BrO2. The van der Waals surface area contributed by atoms with E-state index in [4.69, 9.17) is 4.74 Å². The maximum Gasteiger partial charge on any atom is 0.313 e. The van der Waals surface area contributed by atoms with Crippen LogP contribution in [-0.4, -0.2) is 17.4 Å². The van der Waals surface area contributed by atoms with Crippen molar-refractivity contribution in [1.29, 1.82) is 0 Å². The van der Waals surface area contributed by atoms with Crippen LogP contribution in [0.1, 0.15) is 5.56 Å². The van der Waals surface area contributed by atoms with Crippen LogP contribution >= 0.6 is 15.9 Å². The van der Waals surface area contributed by atoms with E-state index in [0.29, 0.717) is 0 Å². The number of hydrogen-bond donors (Lipinski definition) is 0. The molecule has 74 valence electrons. The van der Waals surface area contributed by atoms with E-state index in [-0.39, 0.29) is 18.0 Å². The van der Waals surface area contributed by atoms with Crippen LogP contribution in [0.25, 0.3) is 0 Å². The molecule has 2 nitrogen and oxygen atoms in total. The Morgan fingerprint density at radius 2 is 2.00 bits per heavy atom. The summed E-state index contributed by atoms with van der Waals surface area (Å²) in [5.41, 5.74) is 1.19. The molecule has 1 aliphatic rings. The summed E-state index contributed by atoms with van der Waals surface area (Å²) in [7, 11) is 0. The van der Waals surface area contributed by atoms with Crippen LogP contribution in [-0.2, 0) is 16.0 Å². The third-order valence-corrected chi connectivity index (χ3v) is 3.11. The van der Waals surface area contributed by atoms with Crippen LogP contribution in [0.3, 0.4) is 0 Å². The van der Waals surface area contributed by atoms with Crippen molar-refractivity contribution in [1.82, 2.24) is 0 Å². The van der Waals surface area contributed by atoms with Gasteiger partial charge in [0.25, 0.3) is 0 Å². The molecule has 0 aliphatic carbocycles. The fraction of sp³-hybridized carbons (Fsp3) is 0.364. The Morgan fingerprint density at radius 3 is 2.57 bits per heavy atom. The highest BCUT2D eigenvalue weighted by atomic mass is 79.9. The molecule has 1 heterocycles. The lowest BCUT2D eigenvalue weighted by molar-refractivity contribution is -0.180. The van der Waals surface area contributed by atoms with Crippen molar-refractivity contribution in [3.05, 3.63) is 35.9 Å². The van der Waals surface area contributed by atoms with Gasteiger partial charge in [-0.2, -0.15) is 0 Å². The zero-order valence-corrected chi connectivity index (χ0v) is 9.24. The van der Waals surface area contributed by atoms with Gasteiger partial charge >= 0.3 is 5.97 Å². The molecule has 0 aromatic heterocycles. The summed E-state index contributed by atoms with van der Waals surface area (Å²) in [4.78, 5) is 11.2. The number of halogens is 1. The quantitative estimate of drug-likeness (QED) is 0.611. The highest BCUT2D eigenvalue weighted by molar-refractivity contribution is 9.09. The lowest BCUT2D eigenvalue weighted by Gasteiger charge is -2.33. The summed E-state index contributed by atoms with van der Waals surface area (Å²) in [5, 5.41) is 0.732. The average molecular weight is 255 g/mol. The Hall–Kier alpha value is -0.830. The van der Waals surface area contributed by atoms with Crippen LogP contribution in [0.15, 0.2) is 30.3 Å². The Balaban J connectivity index is 2.01. The number of cyclic esters (lactones) is 1. The predicted molar refractivity (Wildman–Crippen MR) is 57.3 cm³/mol. The van der Waals surface area contributed by atoms with Gasteiger partial charge in [-0.05, 0) is 12.0 Å². The smallest absolute Gasteiger partial charge is 0.313 e. The molecule has 14 heavy (non-hydrogen) atoms. The fourth-order valence-electron chi connectivity index (χ4n) is 1.62. The van der Waals surface area contributed by atoms with E-state index in [1.807, 2.05) is 30.3 Å². The van der Waals surface area contributed by atoms with Crippen molar-refractivity contribution in [2.24, 2.45) is 5.92 Å². The van der Waals surface area contributed by atoms with Crippen molar-refractivity contribution in [2.45, 2.75) is 12.5 Å². The molecule has 1 aliphatic heterocycles. The van der Waals surface area contributed by atoms with Crippen molar-refractivity contribution in [3.63, 3.8) is 0 Å². The van der Waals surface area contributed by atoms with E-state index >= 15 is 0 Å². The third kappa shape index (κ3) is 1.82. The minimum Gasteiger partial charge on any atom is -0.460 e. The molecule has 1 aromatic rings. The molecule has 2 rings (SSSR count). The Morgan fingerprint density at radius 1 is 1.29 bits per heavy atom. The monoisotopic (exact) mass is 254 g/mol. The molecular weight excluding hydrogens is 244 g/mol. The first-order valence-electron chi connectivity index (χ1n) is 4.61. The van der Waals surface area contributed by atoms with Crippen LogP contribution in [0.5, 0.6) is 0 Å². The molecule has 0 N–H and O–H groups in total. The van der Waals surface area contributed by atoms with Crippen molar-refractivity contribution < 1.29 is 9.53 Å². The second-order valence-corrected chi connectivity index (χ2v) is 4.07. The minimum absolute atomic E-state index is 0.0387. The van der Waals surface area contributed by atoms with E-state index in [0.717, 1.165) is 11.8 Å². The highest BCUT2D eigenvalue weighted by Gasteiger charge is 2.41. The van der Waals surface area contributed by atoms with E-state index < -0.39 is 0 Å². The molecule has 0 amide bonds. The standard InChI is InChI=1S/C11H11BrO2/c12-7-10-9(11(13)14-10)6-8-4-2-1-3-5-8/h1-5,9-10H,6-7H2/t9-,10+/m0/s1. The molecule has 0 unspecified atom stereocenters. The lowest BCUT2D eigenvalue weighted by Crippen LogP contribution is -2.47. The first-order chi connectivity index (χ1) is 6.81. The van der Waals surface area contributed by atoms with Crippen molar-refractivity contribution in [2.75, 3.05) is 5.33 Å². The van der Waals surface area contributed by atoms with Crippen LogP contribution in [0.2, 0.25) is 0 Å². The van der Waals surface area contributed by atoms with Gasteiger partial charge in [-0.1, -0.05) is 46.3 Å². The largest absolute Gasteiger partial charge is 0.460 e. The van der Waals surface area contributed by atoms with E-state index in [9.17, 15) is 4.79 Å². The third-order valence-electron chi connectivity index (χ3n) is 2.47. The van der Waals surface area contributed by atoms with Gasteiger partial charge in [0.15, 0.2) is 0 Å². The topological polar surface area (TPSA) is 26.3 Å². The fourth-order valence-corrected chi connectivity index (χ4v) is 2.20. The van der Waals surface area contributed by atoms with E-state index in [2.05, 4.69) is 15.9 Å². The summed E-state index contributed by atoms with van der Waals surface area (Å²) >= 11 is 3.33. The van der Waals surface area contributed by atoms with Crippen LogP contribution in [0.4, 0.5) is 0 Å². The van der Waals surface area contributed by atoms with Crippen LogP contribution < -0.4 is 0 Å². The maximum absolute atomic E-state index is 11.2. The molecule has 0 saturated carbocycles. The SMILES string of the molecule is O=C1O[C@H](CBr)[C@@H]1Cc1ccccc1. The van der Waals surface area contributed by atoms with Gasteiger partial charge in [-0.25, -0.2) is 0 Å². The van der Waals surface area contributed by atoms with E-state index in [1.54, 1.807) is 0 Å². The number of hydrogen-bond acceptors (Lipinski definition) is 2. The van der Waals surface area contributed by atoms with Gasteiger partial charge in [-0.3, -0.25) is 4.79 Å². The summed E-state index contributed by atoms with van der Waals surface area (Å²) in [6, 6.07) is 10.0. The summed E-state index contributed by atoms with van der Waals surface area (Å²) in [5.74, 6) is -0.0323. The van der Waals surface area contributed by atoms with Gasteiger partial charge in [-0.15, -0.1) is 0 Å². The Kier molecular flexibility index (Phi) is 2.87. The molecule has 2 atom stereocenters. The molecule has 0 bridgehead atoms. The number of carbonyl (C=O) groups is 1. The number of rotatable bonds is 3. The van der Waals surface area contributed by atoms with Gasteiger partial charge in [0.2, 0.25) is 0 Å². The first kappa shape index (κ1) is 9.71. The summed E-state index contributed by atoms with van der Waals surface area (Å²) in [6.07, 6.45) is 0.846. The number of esters is 1. The minimum atomic E-state index is -0.0710. The van der Waals surface area contributed by atoms with Crippen molar-refractivity contribution in [3.8, 4) is 0 Å². The van der Waals surface area contributed by atoms with Gasteiger partial charge in [0.1, 0.15) is 6.10 Å². The molecule has 3 heteroatoms. The predicted octanol–water partition coefficient (Wildman–Crippen LogP) is 2.17. The van der Waals surface area contributed by atoms with Gasteiger partial charge in [0.05, 0.1) is 5.92 Å². The zero-order chi connectivity index (χ0) is 9.97. The number of benzene rings is 1. The Bertz CT molecular complexity index is 323. The number of ether oxygens (including phenoxy) is 1. The second-order valence-electron chi connectivity index (χ2n) is 3.43. The van der Waals surface area contributed by atoms with Crippen LogP contribution in [0, 0.1) is 5.92 Å². The average Bonchev–Trinajstić information content (AvgIpc) is 2.24. The summed E-state index contributed by atoms with van der Waals surface area (Å²) in [6.45, 7) is 0. The highest BCUT2D eigenvalue weighted by Crippen LogP contribution is 2.27. The normalized spacial score (nSPS) is 25.4. The molecule has 1 aromatic carbocycles. The molecule has 0 radical (unpaired) electrons. The number of alkyl halides is 1. The van der Waals surface area contributed by atoms with E-state index in [1.165, 1.54) is 5.56 Å². The van der Waals surface area contributed by atoms with Gasteiger partial charge < -0.3 is 4.74 Å². The van der Waals surface area contributed by atoms with Gasteiger partial charge in [0, 0.05) is 5.33 Å². The Labute approximate surface area is 91.4 Å². The molecule has 1 fully saturated rings. The first-order valence-corrected chi connectivity index (χ1v) is 5.74. The molecule has 0 spiro atoms.